The van der Waals surface area contributed by atoms with Crippen LogP contribution in [0.5, 0.6) is 0 Å². The molecule has 0 aromatic heterocycles. The van der Waals surface area contributed by atoms with Crippen molar-refractivity contribution in [2.24, 2.45) is 10.9 Å². The number of rotatable bonds is 10. The summed E-state index contributed by atoms with van der Waals surface area (Å²) in [7, 11) is 2.20. The lowest BCUT2D eigenvalue weighted by molar-refractivity contribution is 0.0944. The molecule has 1 heterocycles. The Morgan fingerprint density at radius 1 is 1.10 bits per heavy atom. The summed E-state index contributed by atoms with van der Waals surface area (Å²) in [6.07, 6.45) is 0. The zero-order chi connectivity index (χ0) is 20.2. The van der Waals surface area contributed by atoms with Gasteiger partial charge < -0.3 is 20.3 Å². The summed E-state index contributed by atoms with van der Waals surface area (Å²) in [5.41, 5.74) is 1.21. The van der Waals surface area contributed by atoms with Crippen LogP contribution in [0.3, 0.4) is 0 Å². The molecule has 2 N–H and O–H groups in total. The van der Waals surface area contributed by atoms with Crippen molar-refractivity contribution < 1.29 is 4.74 Å². The number of hydrogen-bond donors (Lipinski definition) is 2. The van der Waals surface area contributed by atoms with E-state index in [4.69, 9.17) is 9.73 Å². The van der Waals surface area contributed by atoms with Gasteiger partial charge >= 0.3 is 0 Å². The summed E-state index contributed by atoms with van der Waals surface area (Å²) in [6.45, 7) is 15.1. The summed E-state index contributed by atoms with van der Waals surface area (Å²) < 4.78 is 5.84. The first-order chi connectivity index (χ1) is 13.6. The molecule has 0 radical (unpaired) electrons. The molecule has 0 saturated carbocycles. The number of guanidine groups is 1. The second kappa shape index (κ2) is 15.0. The topological polar surface area (TPSA) is 52.1 Å². The van der Waals surface area contributed by atoms with Crippen LogP contribution in [-0.4, -0.2) is 81.3 Å². The number of aliphatic imine (C=N–C) groups is 1. The summed E-state index contributed by atoms with van der Waals surface area (Å²) in [5, 5.41) is 6.87. The molecule has 29 heavy (non-hydrogen) atoms. The minimum Gasteiger partial charge on any atom is -0.376 e. The van der Waals surface area contributed by atoms with Crippen LogP contribution in [0.2, 0.25) is 0 Å². The highest BCUT2D eigenvalue weighted by Crippen LogP contribution is 2.05. The van der Waals surface area contributed by atoms with Gasteiger partial charge in [0.1, 0.15) is 0 Å². The molecule has 0 spiro atoms. The van der Waals surface area contributed by atoms with Gasteiger partial charge in [0.25, 0.3) is 0 Å². The van der Waals surface area contributed by atoms with Crippen molar-refractivity contribution >= 4 is 29.9 Å². The van der Waals surface area contributed by atoms with E-state index in [2.05, 4.69) is 60.4 Å². The zero-order valence-electron chi connectivity index (χ0n) is 18.6. The molecule has 1 aromatic rings. The Labute approximate surface area is 194 Å². The van der Waals surface area contributed by atoms with Gasteiger partial charge in [-0.25, -0.2) is 0 Å². The first-order valence-corrected chi connectivity index (χ1v) is 10.6. The van der Waals surface area contributed by atoms with Gasteiger partial charge in [0.15, 0.2) is 5.96 Å². The average molecular weight is 518 g/mol. The highest BCUT2D eigenvalue weighted by molar-refractivity contribution is 14.0. The van der Waals surface area contributed by atoms with Crippen LogP contribution in [0.4, 0.5) is 0 Å². The first-order valence-electron chi connectivity index (χ1n) is 10.6. The third-order valence-corrected chi connectivity index (χ3v) is 5.15. The number of halogens is 1. The van der Waals surface area contributed by atoms with Crippen LogP contribution in [-0.2, 0) is 11.3 Å². The third kappa shape index (κ3) is 10.6. The Bertz CT molecular complexity index is 564. The van der Waals surface area contributed by atoms with E-state index in [0.717, 1.165) is 58.4 Å². The summed E-state index contributed by atoms with van der Waals surface area (Å²) in [6, 6.07) is 10.8. The van der Waals surface area contributed by atoms with Crippen molar-refractivity contribution in [3.8, 4) is 0 Å². The molecule has 1 aliphatic rings. The Hall–Kier alpha value is -0.900. The smallest absolute Gasteiger partial charge is 0.191 e. The fourth-order valence-electron chi connectivity index (χ4n) is 3.23. The van der Waals surface area contributed by atoms with Gasteiger partial charge in [0.05, 0.1) is 13.2 Å². The molecule has 1 aliphatic heterocycles. The molecule has 6 nitrogen and oxygen atoms in total. The van der Waals surface area contributed by atoms with Crippen LogP contribution in [0.15, 0.2) is 35.3 Å². The van der Waals surface area contributed by atoms with Crippen molar-refractivity contribution in [1.29, 1.82) is 0 Å². The Balaban J connectivity index is 0.00000420. The molecule has 2 rings (SSSR count). The number of hydrogen-bond acceptors (Lipinski definition) is 4. The van der Waals surface area contributed by atoms with Crippen molar-refractivity contribution in [2.75, 3.05) is 59.5 Å². The molecule has 2 unspecified atom stereocenters. The maximum absolute atomic E-state index is 5.84. The van der Waals surface area contributed by atoms with Crippen molar-refractivity contribution in [1.82, 2.24) is 20.4 Å². The van der Waals surface area contributed by atoms with E-state index in [0.29, 0.717) is 18.6 Å². The lowest BCUT2D eigenvalue weighted by Gasteiger charge is -2.36. The highest BCUT2D eigenvalue weighted by atomic mass is 127. The predicted molar refractivity (Wildman–Crippen MR) is 133 cm³/mol. The standard InChI is InChI=1S/C22H39N5O.HI/c1-5-23-22(25-16-20(3)27-13-11-26(4)12-14-27)24-15-19(2)17-28-18-21-9-7-6-8-10-21;/h6-10,19-20H,5,11-18H2,1-4H3,(H2,23,24,25);1H. The first kappa shape index (κ1) is 26.1. The number of ether oxygens (including phenoxy) is 1. The molecule has 0 aliphatic carbocycles. The number of benzene rings is 1. The highest BCUT2D eigenvalue weighted by Gasteiger charge is 2.19. The second-order valence-corrected chi connectivity index (χ2v) is 7.89. The van der Waals surface area contributed by atoms with E-state index in [1.165, 1.54) is 5.56 Å². The molecule has 166 valence electrons. The molecule has 1 aromatic carbocycles. The van der Waals surface area contributed by atoms with Gasteiger partial charge in [0.2, 0.25) is 0 Å². The van der Waals surface area contributed by atoms with Gasteiger partial charge in [-0.05, 0) is 32.4 Å². The van der Waals surface area contributed by atoms with E-state index >= 15 is 0 Å². The van der Waals surface area contributed by atoms with Gasteiger partial charge in [-0.3, -0.25) is 9.89 Å². The number of nitrogens with zero attached hydrogens (tertiary/aromatic N) is 3. The minimum absolute atomic E-state index is 0. The molecule has 1 fully saturated rings. The largest absolute Gasteiger partial charge is 0.376 e. The average Bonchev–Trinajstić information content (AvgIpc) is 2.71. The zero-order valence-corrected chi connectivity index (χ0v) is 20.9. The quantitative estimate of drug-likeness (QED) is 0.284. The van der Waals surface area contributed by atoms with Crippen molar-refractivity contribution in [2.45, 2.75) is 33.4 Å². The Morgan fingerprint density at radius 2 is 1.79 bits per heavy atom. The Morgan fingerprint density at radius 3 is 2.45 bits per heavy atom. The van der Waals surface area contributed by atoms with E-state index in [9.17, 15) is 0 Å². The van der Waals surface area contributed by atoms with Gasteiger partial charge in [0, 0.05) is 51.9 Å². The maximum Gasteiger partial charge on any atom is 0.191 e. The number of nitrogens with one attached hydrogen (secondary N) is 2. The molecule has 2 atom stereocenters. The van der Waals surface area contributed by atoms with Crippen molar-refractivity contribution in [3.05, 3.63) is 35.9 Å². The second-order valence-electron chi connectivity index (χ2n) is 7.89. The molecule has 0 amide bonds. The third-order valence-electron chi connectivity index (χ3n) is 5.15. The molecule has 1 saturated heterocycles. The monoisotopic (exact) mass is 517 g/mol. The molecular formula is C22H40IN5O. The molecule has 7 heteroatoms. The van der Waals surface area contributed by atoms with E-state index in [-0.39, 0.29) is 24.0 Å². The summed E-state index contributed by atoms with van der Waals surface area (Å²) >= 11 is 0. The fourth-order valence-corrected chi connectivity index (χ4v) is 3.23. The molecule has 0 bridgehead atoms. The normalized spacial score (nSPS) is 18.0. The predicted octanol–water partition coefficient (Wildman–Crippen LogP) is 2.65. The van der Waals surface area contributed by atoms with Crippen LogP contribution in [0, 0.1) is 5.92 Å². The maximum atomic E-state index is 5.84. The molecular weight excluding hydrogens is 477 g/mol. The summed E-state index contributed by atoms with van der Waals surface area (Å²) in [4.78, 5) is 9.70. The SMILES string of the molecule is CCNC(=NCC(C)COCc1ccccc1)NCC(C)N1CCN(C)CC1.I. The van der Waals surface area contributed by atoms with Crippen LogP contribution < -0.4 is 10.6 Å². The van der Waals surface area contributed by atoms with Crippen LogP contribution in [0.1, 0.15) is 26.3 Å². The Kier molecular flexibility index (Phi) is 13.5. The van der Waals surface area contributed by atoms with E-state index in [1.807, 2.05) is 18.2 Å². The van der Waals surface area contributed by atoms with E-state index < -0.39 is 0 Å². The van der Waals surface area contributed by atoms with Gasteiger partial charge in [-0.1, -0.05) is 37.3 Å². The van der Waals surface area contributed by atoms with Crippen LogP contribution >= 0.6 is 24.0 Å². The lowest BCUT2D eigenvalue weighted by Crippen LogP contribution is -2.52. The van der Waals surface area contributed by atoms with Gasteiger partial charge in [-0.15, -0.1) is 24.0 Å². The fraction of sp³-hybridized carbons (Fsp3) is 0.682. The minimum atomic E-state index is 0. The lowest BCUT2D eigenvalue weighted by atomic mass is 10.2. The summed E-state index contributed by atoms with van der Waals surface area (Å²) in [5.74, 6) is 1.28. The van der Waals surface area contributed by atoms with Crippen LogP contribution in [0.25, 0.3) is 0 Å². The van der Waals surface area contributed by atoms with Gasteiger partial charge in [-0.2, -0.15) is 0 Å². The number of piperazine rings is 1. The number of likely N-dealkylation sites (N-methyl/N-ethyl adjacent to an activating group) is 1. The van der Waals surface area contributed by atoms with Crippen molar-refractivity contribution in [3.63, 3.8) is 0 Å². The van der Waals surface area contributed by atoms with E-state index in [1.54, 1.807) is 0 Å².